The second-order valence-electron chi connectivity index (χ2n) is 8.10. The molecule has 0 atom stereocenters. The molecule has 1 aliphatic rings. The zero-order chi connectivity index (χ0) is 24.3. The van der Waals surface area contributed by atoms with Crippen LogP contribution in [0.15, 0.2) is 60.7 Å². The normalized spacial score (nSPS) is 15.6. The first kappa shape index (κ1) is 23.9. The summed E-state index contributed by atoms with van der Waals surface area (Å²) in [6.07, 6.45) is -3.81. The molecule has 4 rings (SSSR count). The number of carboxylic acid groups (broad SMARTS) is 1. The number of amides is 1. The number of carbonyl (C=O) groups is 2. The van der Waals surface area contributed by atoms with E-state index >= 15 is 0 Å². The molecule has 9 heteroatoms. The zero-order valence-corrected chi connectivity index (χ0v) is 18.8. The van der Waals surface area contributed by atoms with Gasteiger partial charge in [0.05, 0.1) is 11.1 Å². The highest BCUT2D eigenvalue weighted by Gasteiger charge is 2.42. The Morgan fingerprint density at radius 1 is 1.00 bits per heavy atom. The molecule has 1 amide bonds. The molecule has 1 fully saturated rings. The Labute approximate surface area is 198 Å². The molecule has 0 spiro atoms. The monoisotopic (exact) mass is 489 g/mol. The Morgan fingerprint density at radius 3 is 2.32 bits per heavy atom. The van der Waals surface area contributed by atoms with Crippen LogP contribution in [-0.4, -0.2) is 34.0 Å². The number of halogens is 3. The summed E-state index contributed by atoms with van der Waals surface area (Å²) < 4.78 is 44.5. The van der Waals surface area contributed by atoms with Crippen molar-refractivity contribution in [2.24, 2.45) is 0 Å². The summed E-state index contributed by atoms with van der Waals surface area (Å²) in [5.41, 5.74) is -1.44. The molecule has 3 aromatic rings. The summed E-state index contributed by atoms with van der Waals surface area (Å²) in [7, 11) is 0. The predicted molar refractivity (Wildman–Crippen MR) is 124 cm³/mol. The molecule has 0 bridgehead atoms. The van der Waals surface area contributed by atoms with Gasteiger partial charge in [0.25, 0.3) is 5.91 Å². The van der Waals surface area contributed by atoms with Gasteiger partial charge in [-0.05, 0) is 53.5 Å². The number of fused-ring (bicyclic) bond motifs is 1. The zero-order valence-electron chi connectivity index (χ0n) is 18.0. The molecular formula is C25H22F3NO4S. The summed E-state index contributed by atoms with van der Waals surface area (Å²) >= 11 is 1.64. The van der Waals surface area contributed by atoms with Crippen LogP contribution in [0.4, 0.5) is 13.2 Å². The number of hydrogen-bond donors (Lipinski definition) is 2. The molecule has 0 aromatic heterocycles. The minimum absolute atomic E-state index is 0.0624. The number of carboxylic acids is 1. The lowest BCUT2D eigenvalue weighted by Crippen LogP contribution is -2.56. The minimum Gasteiger partial charge on any atom is -0.487 e. The van der Waals surface area contributed by atoms with Gasteiger partial charge in [0.1, 0.15) is 17.9 Å². The third kappa shape index (κ3) is 4.99. The molecule has 5 nitrogen and oxygen atoms in total. The molecule has 0 unspecified atom stereocenters. The van der Waals surface area contributed by atoms with E-state index in [1.165, 1.54) is 12.1 Å². The van der Waals surface area contributed by atoms with E-state index in [-0.39, 0.29) is 17.9 Å². The number of thioether (sulfide) groups is 1. The summed E-state index contributed by atoms with van der Waals surface area (Å²) in [4.78, 5) is 25.3. The van der Waals surface area contributed by atoms with Crippen LogP contribution in [0.25, 0.3) is 10.8 Å². The van der Waals surface area contributed by atoms with E-state index in [1.807, 2.05) is 12.1 Å². The lowest BCUT2D eigenvalue weighted by Gasteiger charge is -2.33. The standard InChI is InChI=1S/C25H22F3NO4S/c26-25(27,28)18-8-5-16(6-9-18)15-33-21-19-4-2-1-3-17(19)7-10-20(21)22(30)29-24(23(31)32)11-13-34-14-12-24/h1-10H,11-15H2,(H,29,30)(H,31,32). The van der Waals surface area contributed by atoms with Gasteiger partial charge in [-0.1, -0.05) is 42.5 Å². The van der Waals surface area contributed by atoms with Crippen molar-refractivity contribution < 1.29 is 32.6 Å². The third-order valence-corrected chi connectivity index (χ3v) is 6.88. The quantitative estimate of drug-likeness (QED) is 0.477. The molecule has 0 aliphatic carbocycles. The first-order valence-electron chi connectivity index (χ1n) is 10.6. The molecular weight excluding hydrogens is 467 g/mol. The fourth-order valence-electron chi connectivity index (χ4n) is 3.92. The average molecular weight is 490 g/mol. The summed E-state index contributed by atoms with van der Waals surface area (Å²) in [5.74, 6) is -0.138. The van der Waals surface area contributed by atoms with Crippen molar-refractivity contribution in [3.05, 3.63) is 77.4 Å². The van der Waals surface area contributed by atoms with Gasteiger partial charge in [-0.3, -0.25) is 4.79 Å². The van der Waals surface area contributed by atoms with Crippen molar-refractivity contribution in [3.8, 4) is 5.75 Å². The van der Waals surface area contributed by atoms with Crippen LogP contribution in [0.2, 0.25) is 0 Å². The maximum Gasteiger partial charge on any atom is 0.416 e. The highest BCUT2D eigenvalue weighted by Crippen LogP contribution is 2.34. The van der Waals surface area contributed by atoms with Crippen LogP contribution in [0, 0.1) is 0 Å². The molecule has 3 aromatic carbocycles. The van der Waals surface area contributed by atoms with Crippen molar-refractivity contribution in [3.63, 3.8) is 0 Å². The van der Waals surface area contributed by atoms with E-state index in [4.69, 9.17) is 4.74 Å². The number of carbonyl (C=O) groups excluding carboxylic acids is 1. The topological polar surface area (TPSA) is 75.6 Å². The number of ether oxygens (including phenoxy) is 1. The van der Waals surface area contributed by atoms with E-state index < -0.39 is 29.2 Å². The summed E-state index contributed by atoms with van der Waals surface area (Å²) in [5, 5.41) is 14.0. The fraction of sp³-hybridized carbons (Fsp3) is 0.280. The van der Waals surface area contributed by atoms with Crippen molar-refractivity contribution in [1.82, 2.24) is 5.32 Å². The number of hydrogen-bond acceptors (Lipinski definition) is 4. The van der Waals surface area contributed by atoms with Gasteiger partial charge in [-0.2, -0.15) is 24.9 Å². The van der Waals surface area contributed by atoms with E-state index in [0.29, 0.717) is 35.3 Å². The number of nitrogens with one attached hydrogen (secondary N) is 1. The molecule has 0 saturated carbocycles. The van der Waals surface area contributed by atoms with E-state index in [9.17, 15) is 27.9 Å². The Balaban J connectivity index is 1.64. The second-order valence-corrected chi connectivity index (χ2v) is 9.33. The molecule has 1 aliphatic heterocycles. The van der Waals surface area contributed by atoms with Crippen molar-refractivity contribution in [2.45, 2.75) is 31.2 Å². The van der Waals surface area contributed by atoms with Crippen LogP contribution in [0.5, 0.6) is 5.75 Å². The van der Waals surface area contributed by atoms with Gasteiger partial charge in [0.2, 0.25) is 0 Å². The maximum absolute atomic E-state index is 13.3. The lowest BCUT2D eigenvalue weighted by molar-refractivity contribution is -0.144. The van der Waals surface area contributed by atoms with Gasteiger partial charge < -0.3 is 15.2 Å². The number of aliphatic carboxylic acids is 1. The lowest BCUT2D eigenvalue weighted by atomic mass is 9.91. The number of benzene rings is 3. The van der Waals surface area contributed by atoms with E-state index in [2.05, 4.69) is 5.32 Å². The number of rotatable bonds is 6. The van der Waals surface area contributed by atoms with Gasteiger partial charge in [-0.15, -0.1) is 0 Å². The van der Waals surface area contributed by atoms with Crippen LogP contribution in [0.1, 0.15) is 34.3 Å². The second kappa shape index (κ2) is 9.58. The Kier molecular flexibility index (Phi) is 6.74. The summed E-state index contributed by atoms with van der Waals surface area (Å²) in [6.45, 7) is -0.0624. The van der Waals surface area contributed by atoms with Gasteiger partial charge in [0, 0.05) is 5.39 Å². The van der Waals surface area contributed by atoms with E-state index in [0.717, 1.165) is 17.5 Å². The average Bonchev–Trinajstić information content (AvgIpc) is 2.82. The number of alkyl halides is 3. The predicted octanol–water partition coefficient (Wildman–Crippen LogP) is 5.52. The maximum atomic E-state index is 13.3. The van der Waals surface area contributed by atoms with Crippen LogP contribution >= 0.6 is 11.8 Å². The van der Waals surface area contributed by atoms with Gasteiger partial charge >= 0.3 is 12.1 Å². The highest BCUT2D eigenvalue weighted by atomic mass is 32.2. The highest BCUT2D eigenvalue weighted by molar-refractivity contribution is 7.99. The Bertz CT molecular complexity index is 1210. The Hall–Kier alpha value is -3.20. The largest absolute Gasteiger partial charge is 0.487 e. The SMILES string of the molecule is O=C(NC1(C(=O)O)CCSCC1)c1ccc2ccccc2c1OCc1ccc(C(F)(F)F)cc1. The molecule has 2 N–H and O–H groups in total. The van der Waals surface area contributed by atoms with Crippen LogP contribution in [0.3, 0.4) is 0 Å². The van der Waals surface area contributed by atoms with Gasteiger partial charge in [-0.25, -0.2) is 4.79 Å². The smallest absolute Gasteiger partial charge is 0.416 e. The summed E-state index contributed by atoms with van der Waals surface area (Å²) in [6, 6.07) is 15.2. The van der Waals surface area contributed by atoms with Gasteiger partial charge in [0.15, 0.2) is 0 Å². The molecule has 1 heterocycles. The van der Waals surface area contributed by atoms with E-state index in [1.54, 1.807) is 36.0 Å². The Morgan fingerprint density at radius 2 is 1.68 bits per heavy atom. The van der Waals surface area contributed by atoms with Crippen molar-refractivity contribution >= 4 is 34.4 Å². The fourth-order valence-corrected chi connectivity index (χ4v) is 5.11. The third-order valence-electron chi connectivity index (χ3n) is 5.90. The molecule has 34 heavy (non-hydrogen) atoms. The van der Waals surface area contributed by atoms with Crippen LogP contribution < -0.4 is 10.1 Å². The molecule has 178 valence electrons. The minimum atomic E-state index is -4.43. The first-order chi connectivity index (χ1) is 16.2. The molecule has 0 radical (unpaired) electrons. The van der Waals surface area contributed by atoms with Crippen LogP contribution in [-0.2, 0) is 17.6 Å². The molecule has 1 saturated heterocycles. The van der Waals surface area contributed by atoms with Crippen molar-refractivity contribution in [1.29, 1.82) is 0 Å². The first-order valence-corrected chi connectivity index (χ1v) is 11.8. The van der Waals surface area contributed by atoms with Crippen molar-refractivity contribution in [2.75, 3.05) is 11.5 Å².